The Morgan fingerprint density at radius 1 is 1.16 bits per heavy atom. The smallest absolute Gasteiger partial charge is 0.378 e. The number of anilines is 1. The molecular formula is C18H16N4O3. The van der Waals surface area contributed by atoms with Crippen LogP contribution in [0.15, 0.2) is 76.2 Å². The van der Waals surface area contributed by atoms with Crippen molar-refractivity contribution in [1.82, 2.24) is 5.59 Å². The van der Waals surface area contributed by atoms with Crippen molar-refractivity contribution >= 4 is 11.7 Å². The van der Waals surface area contributed by atoms with E-state index >= 15 is 0 Å². The molecule has 1 fully saturated rings. The number of hydrogen-bond donors (Lipinski definition) is 1. The van der Waals surface area contributed by atoms with Crippen LogP contribution in [0.2, 0.25) is 0 Å². The van der Waals surface area contributed by atoms with Gasteiger partial charge >= 0.3 is 5.97 Å². The van der Waals surface area contributed by atoms with Crippen LogP contribution in [0.5, 0.6) is 5.75 Å². The number of benzene rings is 2. The van der Waals surface area contributed by atoms with E-state index in [1.165, 1.54) is 0 Å². The molecule has 0 saturated carbocycles. The lowest BCUT2D eigenvalue weighted by Gasteiger charge is -2.16. The maximum atomic E-state index is 12.2. The molecule has 2 aromatic carbocycles. The highest BCUT2D eigenvalue weighted by molar-refractivity contribution is 5.95. The molecule has 2 aliphatic heterocycles. The van der Waals surface area contributed by atoms with Gasteiger partial charge in [-0.05, 0) is 29.8 Å². The van der Waals surface area contributed by atoms with Crippen molar-refractivity contribution in [1.29, 1.82) is 0 Å². The normalized spacial score (nSPS) is 22.4. The Morgan fingerprint density at radius 3 is 2.64 bits per heavy atom. The zero-order chi connectivity index (χ0) is 17.2. The third-order valence-electron chi connectivity index (χ3n) is 4.14. The quantitative estimate of drug-likeness (QED) is 0.871. The lowest BCUT2D eigenvalue weighted by atomic mass is 10.0. The van der Waals surface area contributed by atoms with Gasteiger partial charge in [0.05, 0.1) is 18.5 Å². The number of para-hydroxylation sites is 1. The number of methoxy groups -OCH3 is 1. The Labute approximate surface area is 144 Å². The molecule has 7 heteroatoms. The first-order chi connectivity index (χ1) is 12.3. The molecule has 0 spiro atoms. The van der Waals surface area contributed by atoms with E-state index in [1.54, 1.807) is 12.1 Å². The predicted octanol–water partition coefficient (Wildman–Crippen LogP) is 3.29. The summed E-state index contributed by atoms with van der Waals surface area (Å²) in [6.07, 6.45) is 0.530. The van der Waals surface area contributed by atoms with E-state index in [-0.39, 0.29) is 6.04 Å². The molecule has 2 heterocycles. The SMILES string of the molecule is COc1ccc(C2CC(=C3C(=O)ONN3c3ccccc3)N=N2)cc1. The number of carbonyl (C=O) groups excluding carboxylic acids is 1. The van der Waals surface area contributed by atoms with E-state index in [2.05, 4.69) is 15.8 Å². The van der Waals surface area contributed by atoms with E-state index in [0.29, 0.717) is 17.8 Å². The fraction of sp³-hybridized carbons (Fsp3) is 0.167. The fourth-order valence-corrected chi connectivity index (χ4v) is 2.84. The van der Waals surface area contributed by atoms with Gasteiger partial charge < -0.3 is 9.57 Å². The molecule has 0 aliphatic carbocycles. The molecule has 1 atom stereocenters. The van der Waals surface area contributed by atoms with Crippen LogP contribution in [0, 0.1) is 0 Å². The highest BCUT2D eigenvalue weighted by Gasteiger charge is 2.35. The maximum absolute atomic E-state index is 12.2. The minimum absolute atomic E-state index is 0.126. The highest BCUT2D eigenvalue weighted by atomic mass is 16.7. The van der Waals surface area contributed by atoms with E-state index in [9.17, 15) is 4.79 Å². The zero-order valence-corrected chi connectivity index (χ0v) is 13.5. The summed E-state index contributed by atoms with van der Waals surface area (Å²) in [6, 6.07) is 17.0. The Hall–Kier alpha value is -3.19. The van der Waals surface area contributed by atoms with Gasteiger partial charge in [-0.3, -0.25) is 0 Å². The van der Waals surface area contributed by atoms with Gasteiger partial charge in [-0.2, -0.15) is 10.2 Å². The number of nitrogens with one attached hydrogen (secondary N) is 1. The van der Waals surface area contributed by atoms with Gasteiger partial charge in [-0.15, -0.1) is 0 Å². The predicted molar refractivity (Wildman–Crippen MR) is 90.4 cm³/mol. The molecule has 25 heavy (non-hydrogen) atoms. The van der Waals surface area contributed by atoms with E-state index in [1.807, 2.05) is 54.6 Å². The Kier molecular flexibility index (Phi) is 3.91. The second-order valence-electron chi connectivity index (χ2n) is 5.66. The molecule has 7 nitrogen and oxygen atoms in total. The number of hydrazine groups is 1. The first-order valence-corrected chi connectivity index (χ1v) is 7.86. The molecule has 0 radical (unpaired) electrons. The molecular weight excluding hydrogens is 320 g/mol. The van der Waals surface area contributed by atoms with Crippen LogP contribution in [0.1, 0.15) is 18.0 Å². The van der Waals surface area contributed by atoms with E-state index in [0.717, 1.165) is 17.0 Å². The average molecular weight is 336 g/mol. The fourth-order valence-electron chi connectivity index (χ4n) is 2.84. The van der Waals surface area contributed by atoms with Gasteiger partial charge in [0.2, 0.25) is 0 Å². The van der Waals surface area contributed by atoms with Crippen LogP contribution in [0.4, 0.5) is 5.69 Å². The minimum atomic E-state index is -0.465. The number of hydrogen-bond acceptors (Lipinski definition) is 7. The van der Waals surface area contributed by atoms with Gasteiger partial charge in [0.1, 0.15) is 11.8 Å². The van der Waals surface area contributed by atoms with Crippen LogP contribution in [0.25, 0.3) is 0 Å². The van der Waals surface area contributed by atoms with Crippen LogP contribution in [-0.2, 0) is 9.63 Å². The second-order valence-corrected chi connectivity index (χ2v) is 5.66. The molecule has 0 aromatic heterocycles. The van der Waals surface area contributed by atoms with Crippen LogP contribution in [0.3, 0.4) is 0 Å². The van der Waals surface area contributed by atoms with Crippen molar-refractivity contribution in [2.45, 2.75) is 12.5 Å². The molecule has 126 valence electrons. The Bertz CT molecular complexity index is 846. The third-order valence-corrected chi connectivity index (χ3v) is 4.14. The van der Waals surface area contributed by atoms with Crippen LogP contribution in [-0.4, -0.2) is 13.1 Å². The van der Waals surface area contributed by atoms with Crippen LogP contribution >= 0.6 is 0 Å². The maximum Gasteiger partial charge on any atom is 0.378 e. The van der Waals surface area contributed by atoms with Gasteiger partial charge in [0.15, 0.2) is 5.70 Å². The summed E-state index contributed by atoms with van der Waals surface area (Å²) < 4.78 is 5.17. The highest BCUT2D eigenvalue weighted by Crippen LogP contribution is 2.37. The number of azo groups is 1. The first kappa shape index (κ1) is 15.3. The van der Waals surface area contributed by atoms with Gasteiger partial charge in [-0.1, -0.05) is 35.9 Å². The van der Waals surface area contributed by atoms with Crippen molar-refractivity contribution in [3.8, 4) is 5.75 Å². The number of nitrogens with zero attached hydrogens (tertiary/aromatic N) is 3. The molecule has 1 N–H and O–H groups in total. The summed E-state index contributed by atoms with van der Waals surface area (Å²) in [5.74, 6) is 0.323. The first-order valence-electron chi connectivity index (χ1n) is 7.86. The number of carbonyl (C=O) groups is 1. The Balaban J connectivity index is 1.62. The van der Waals surface area contributed by atoms with Crippen molar-refractivity contribution < 1.29 is 14.4 Å². The summed E-state index contributed by atoms with van der Waals surface area (Å²) in [5, 5.41) is 10.1. The van der Waals surface area contributed by atoms with Gasteiger partial charge in [-0.25, -0.2) is 9.80 Å². The van der Waals surface area contributed by atoms with Crippen molar-refractivity contribution in [2.75, 3.05) is 12.1 Å². The summed E-state index contributed by atoms with van der Waals surface area (Å²) in [7, 11) is 1.63. The van der Waals surface area contributed by atoms with E-state index < -0.39 is 5.97 Å². The number of rotatable bonds is 3. The minimum Gasteiger partial charge on any atom is -0.497 e. The molecule has 2 aliphatic rings. The van der Waals surface area contributed by atoms with Gasteiger partial charge in [0, 0.05) is 6.42 Å². The summed E-state index contributed by atoms with van der Waals surface area (Å²) in [6.45, 7) is 0. The largest absolute Gasteiger partial charge is 0.497 e. The van der Waals surface area contributed by atoms with Crippen molar-refractivity contribution in [3.05, 3.63) is 71.6 Å². The third kappa shape index (κ3) is 2.85. The summed E-state index contributed by atoms with van der Waals surface area (Å²) in [5.41, 5.74) is 5.40. The summed E-state index contributed by atoms with van der Waals surface area (Å²) >= 11 is 0. The topological polar surface area (TPSA) is 75.5 Å². The standard InChI is InChI=1S/C18H16N4O3/c1-24-14-9-7-12(8-10-14)15-11-16(20-19-15)17-18(23)25-21-22(17)13-5-3-2-4-6-13/h2-10,15,21H,11H2,1H3. The molecule has 1 unspecified atom stereocenters. The zero-order valence-electron chi connectivity index (χ0n) is 13.5. The average Bonchev–Trinajstić information content (AvgIpc) is 3.29. The monoisotopic (exact) mass is 336 g/mol. The van der Waals surface area contributed by atoms with Crippen LogP contribution < -0.4 is 15.3 Å². The summed E-state index contributed by atoms with van der Waals surface area (Å²) in [4.78, 5) is 17.1. The second kappa shape index (κ2) is 6.37. The molecule has 2 aromatic rings. The Morgan fingerprint density at radius 2 is 1.92 bits per heavy atom. The van der Waals surface area contributed by atoms with E-state index in [4.69, 9.17) is 9.57 Å². The molecule has 0 amide bonds. The van der Waals surface area contributed by atoms with Crippen molar-refractivity contribution in [2.24, 2.45) is 10.2 Å². The number of ether oxygens (including phenoxy) is 1. The van der Waals surface area contributed by atoms with Crippen molar-refractivity contribution in [3.63, 3.8) is 0 Å². The van der Waals surface area contributed by atoms with Gasteiger partial charge in [0.25, 0.3) is 0 Å². The lowest BCUT2D eigenvalue weighted by molar-refractivity contribution is -0.140. The molecule has 1 saturated heterocycles. The molecule has 0 bridgehead atoms. The molecule has 4 rings (SSSR count). The lowest BCUT2D eigenvalue weighted by Crippen LogP contribution is -2.29.